The van der Waals surface area contributed by atoms with Crippen molar-refractivity contribution in [1.82, 2.24) is 5.32 Å². The van der Waals surface area contributed by atoms with Crippen LogP contribution >= 0.6 is 11.6 Å². The molecule has 1 aromatic carbocycles. The third-order valence-electron chi connectivity index (χ3n) is 2.24. The average molecular weight is 213 g/mol. The van der Waals surface area contributed by atoms with Gasteiger partial charge in [-0.3, -0.25) is 0 Å². The van der Waals surface area contributed by atoms with Crippen LogP contribution in [0.2, 0.25) is 5.02 Å². The van der Waals surface area contributed by atoms with Crippen LogP contribution in [0.4, 0.5) is 0 Å². The van der Waals surface area contributed by atoms with Crippen LogP contribution < -0.4 is 11.1 Å². The molecule has 0 aliphatic carbocycles. The van der Waals surface area contributed by atoms with Gasteiger partial charge in [0.25, 0.3) is 0 Å². The van der Waals surface area contributed by atoms with E-state index < -0.39 is 0 Å². The Labute approximate surface area is 90.4 Å². The van der Waals surface area contributed by atoms with Gasteiger partial charge in [-0.2, -0.15) is 0 Å². The van der Waals surface area contributed by atoms with Crippen molar-refractivity contribution in [2.45, 2.75) is 26.4 Å². The van der Waals surface area contributed by atoms with Crippen LogP contribution in [0.25, 0.3) is 0 Å². The van der Waals surface area contributed by atoms with E-state index in [9.17, 15) is 0 Å². The van der Waals surface area contributed by atoms with Crippen molar-refractivity contribution >= 4 is 11.6 Å². The van der Waals surface area contributed by atoms with Crippen molar-refractivity contribution in [2.75, 3.05) is 6.54 Å². The minimum absolute atomic E-state index is 0.343. The average Bonchev–Trinajstić information content (AvgIpc) is 2.19. The van der Waals surface area contributed by atoms with Crippen LogP contribution in [0, 0.1) is 6.92 Å². The molecule has 0 amide bonds. The number of nitrogens with one attached hydrogen (secondary N) is 1. The first-order chi connectivity index (χ1) is 6.63. The van der Waals surface area contributed by atoms with Crippen LogP contribution in [0.3, 0.4) is 0 Å². The summed E-state index contributed by atoms with van der Waals surface area (Å²) in [5, 5.41) is 4.14. The smallest absolute Gasteiger partial charge is 0.0438 e. The lowest BCUT2D eigenvalue weighted by Crippen LogP contribution is -2.32. The van der Waals surface area contributed by atoms with Gasteiger partial charge in [0.05, 0.1) is 0 Å². The monoisotopic (exact) mass is 212 g/mol. The van der Waals surface area contributed by atoms with Gasteiger partial charge in [-0.1, -0.05) is 23.7 Å². The highest BCUT2D eigenvalue weighted by Gasteiger charge is 2.00. The van der Waals surface area contributed by atoms with Gasteiger partial charge in [-0.25, -0.2) is 0 Å². The number of hydrogen-bond acceptors (Lipinski definition) is 2. The highest BCUT2D eigenvalue weighted by molar-refractivity contribution is 6.31. The Morgan fingerprint density at radius 3 is 2.79 bits per heavy atom. The zero-order valence-electron chi connectivity index (χ0n) is 8.68. The largest absolute Gasteiger partial charge is 0.329 e. The molecular formula is C11H17ClN2. The van der Waals surface area contributed by atoms with E-state index in [1.807, 2.05) is 19.1 Å². The van der Waals surface area contributed by atoms with E-state index in [0.717, 1.165) is 17.1 Å². The molecule has 3 N–H and O–H groups in total. The van der Waals surface area contributed by atoms with Gasteiger partial charge in [0.1, 0.15) is 0 Å². The van der Waals surface area contributed by atoms with Crippen molar-refractivity contribution in [1.29, 1.82) is 0 Å². The van der Waals surface area contributed by atoms with E-state index >= 15 is 0 Å². The molecule has 0 spiro atoms. The summed E-state index contributed by atoms with van der Waals surface area (Å²) in [5.41, 5.74) is 7.81. The lowest BCUT2D eigenvalue weighted by atomic mass is 10.1. The summed E-state index contributed by atoms with van der Waals surface area (Å²) in [5.74, 6) is 0. The Kier molecular flexibility index (Phi) is 4.39. The van der Waals surface area contributed by atoms with Gasteiger partial charge in [0.15, 0.2) is 0 Å². The molecule has 1 atom stereocenters. The number of nitrogens with two attached hydrogens (primary N) is 1. The zero-order valence-corrected chi connectivity index (χ0v) is 9.43. The molecule has 0 aliphatic rings. The summed E-state index contributed by atoms with van der Waals surface area (Å²) < 4.78 is 0. The molecule has 1 rings (SSSR count). The van der Waals surface area contributed by atoms with Gasteiger partial charge in [0.2, 0.25) is 0 Å². The second kappa shape index (κ2) is 5.35. The Balaban J connectivity index is 2.55. The second-order valence-electron chi connectivity index (χ2n) is 3.60. The predicted molar refractivity (Wildman–Crippen MR) is 61.5 cm³/mol. The van der Waals surface area contributed by atoms with Gasteiger partial charge in [-0.05, 0) is 31.0 Å². The number of halogens is 1. The number of hydrogen-bond donors (Lipinski definition) is 2. The first kappa shape index (κ1) is 11.5. The third kappa shape index (κ3) is 3.29. The molecule has 0 radical (unpaired) electrons. The fourth-order valence-electron chi connectivity index (χ4n) is 1.12. The van der Waals surface area contributed by atoms with Crippen molar-refractivity contribution in [3.63, 3.8) is 0 Å². The molecule has 0 aliphatic heterocycles. The molecule has 0 unspecified atom stereocenters. The van der Waals surface area contributed by atoms with Crippen molar-refractivity contribution in [3.05, 3.63) is 34.3 Å². The molecule has 0 heterocycles. The Bertz CT molecular complexity index is 299. The fourth-order valence-corrected chi connectivity index (χ4v) is 1.32. The van der Waals surface area contributed by atoms with Crippen LogP contribution in [-0.2, 0) is 6.54 Å². The van der Waals surface area contributed by atoms with Crippen LogP contribution in [0.1, 0.15) is 18.1 Å². The molecule has 3 heteroatoms. The fraction of sp³-hybridized carbons (Fsp3) is 0.455. The minimum atomic E-state index is 0.343. The highest BCUT2D eigenvalue weighted by atomic mass is 35.5. The van der Waals surface area contributed by atoms with Crippen molar-refractivity contribution in [2.24, 2.45) is 5.73 Å². The third-order valence-corrected chi connectivity index (χ3v) is 2.65. The molecule has 2 nitrogen and oxygen atoms in total. The maximum atomic E-state index is 6.01. The molecule has 0 bridgehead atoms. The first-order valence-corrected chi connectivity index (χ1v) is 5.19. The van der Waals surface area contributed by atoms with Gasteiger partial charge in [0, 0.05) is 24.2 Å². The Morgan fingerprint density at radius 1 is 1.50 bits per heavy atom. The maximum Gasteiger partial charge on any atom is 0.0438 e. The van der Waals surface area contributed by atoms with Crippen LogP contribution in [-0.4, -0.2) is 12.6 Å². The second-order valence-corrected chi connectivity index (χ2v) is 4.01. The zero-order chi connectivity index (χ0) is 10.6. The van der Waals surface area contributed by atoms with Crippen LogP contribution in [0.15, 0.2) is 18.2 Å². The lowest BCUT2D eigenvalue weighted by molar-refractivity contribution is 0.556. The van der Waals surface area contributed by atoms with E-state index in [1.54, 1.807) is 0 Å². The summed E-state index contributed by atoms with van der Waals surface area (Å²) in [6.07, 6.45) is 0. The summed E-state index contributed by atoms with van der Waals surface area (Å²) in [6.45, 7) is 5.54. The summed E-state index contributed by atoms with van der Waals surface area (Å²) in [7, 11) is 0. The molecule has 0 fully saturated rings. The van der Waals surface area contributed by atoms with E-state index in [4.69, 9.17) is 17.3 Å². The van der Waals surface area contributed by atoms with Crippen molar-refractivity contribution < 1.29 is 0 Å². The van der Waals surface area contributed by atoms with Gasteiger partial charge >= 0.3 is 0 Å². The van der Waals surface area contributed by atoms with E-state index in [1.165, 1.54) is 5.56 Å². The predicted octanol–water partition coefficient (Wildman–Crippen LogP) is 2.09. The number of aryl methyl sites for hydroxylation is 1. The van der Waals surface area contributed by atoms with E-state index in [-0.39, 0.29) is 0 Å². The Morgan fingerprint density at radius 2 is 2.21 bits per heavy atom. The summed E-state index contributed by atoms with van der Waals surface area (Å²) in [6, 6.07) is 6.45. The van der Waals surface area contributed by atoms with E-state index in [0.29, 0.717) is 12.6 Å². The highest BCUT2D eigenvalue weighted by Crippen LogP contribution is 2.16. The quantitative estimate of drug-likeness (QED) is 0.802. The van der Waals surface area contributed by atoms with Gasteiger partial charge in [-0.15, -0.1) is 0 Å². The number of rotatable bonds is 4. The minimum Gasteiger partial charge on any atom is -0.329 e. The summed E-state index contributed by atoms with van der Waals surface area (Å²) >= 11 is 6.01. The van der Waals surface area contributed by atoms with E-state index in [2.05, 4.69) is 18.3 Å². The summed E-state index contributed by atoms with van der Waals surface area (Å²) in [4.78, 5) is 0. The number of benzene rings is 1. The molecule has 78 valence electrons. The van der Waals surface area contributed by atoms with Gasteiger partial charge < -0.3 is 11.1 Å². The Hall–Kier alpha value is -0.570. The lowest BCUT2D eigenvalue weighted by Gasteiger charge is -2.11. The molecule has 14 heavy (non-hydrogen) atoms. The molecular weight excluding hydrogens is 196 g/mol. The molecule has 0 saturated heterocycles. The normalized spacial score (nSPS) is 12.9. The topological polar surface area (TPSA) is 38.0 Å². The van der Waals surface area contributed by atoms with Crippen molar-refractivity contribution in [3.8, 4) is 0 Å². The van der Waals surface area contributed by atoms with Crippen LogP contribution in [0.5, 0.6) is 0 Å². The molecule has 1 aromatic rings. The first-order valence-electron chi connectivity index (χ1n) is 4.82. The SMILES string of the molecule is Cc1ccc(CN[C@H](C)CN)cc1Cl. The molecule has 0 saturated carbocycles. The maximum absolute atomic E-state index is 6.01. The standard InChI is InChI=1S/C11H17ClN2/c1-8-3-4-10(5-11(8)12)7-14-9(2)6-13/h3-5,9,14H,6-7,13H2,1-2H3/t9-/m1/s1. The molecule has 0 aromatic heterocycles.